The zero-order valence-corrected chi connectivity index (χ0v) is 33.4. The summed E-state index contributed by atoms with van der Waals surface area (Å²) in [6.07, 6.45) is 0. The van der Waals surface area contributed by atoms with E-state index in [9.17, 15) is 0 Å². The average Bonchev–Trinajstić information content (AvgIpc) is 3.84. The van der Waals surface area contributed by atoms with Gasteiger partial charge < -0.3 is 9.13 Å². The molecule has 0 saturated heterocycles. The second-order valence-electron chi connectivity index (χ2n) is 16.0. The highest BCUT2D eigenvalue weighted by atomic mass is 15.0. The zero-order chi connectivity index (χ0) is 40.7. The van der Waals surface area contributed by atoms with Crippen LogP contribution in [0.25, 0.3) is 121 Å². The van der Waals surface area contributed by atoms with Gasteiger partial charge in [0.05, 0.1) is 33.4 Å². The van der Waals surface area contributed by atoms with Crippen LogP contribution in [0, 0.1) is 0 Å². The number of para-hydroxylation sites is 1. The molecule has 3 heterocycles. The van der Waals surface area contributed by atoms with Gasteiger partial charge in [-0.2, -0.15) is 0 Å². The Morgan fingerprint density at radius 3 is 1.42 bits per heavy atom. The first-order chi connectivity index (χ1) is 30.7. The molecule has 0 saturated carbocycles. The molecule has 0 aliphatic rings. The lowest BCUT2D eigenvalue weighted by Crippen LogP contribution is -2.02. The molecule has 0 aliphatic heterocycles. The summed E-state index contributed by atoms with van der Waals surface area (Å²) in [6.45, 7) is 0. The molecule has 0 unspecified atom stereocenters. The normalized spacial score (nSPS) is 11.9. The van der Waals surface area contributed by atoms with Crippen LogP contribution in [0.4, 0.5) is 0 Å². The second-order valence-corrected chi connectivity index (χ2v) is 16.0. The number of rotatable bonds is 5. The Morgan fingerprint density at radius 1 is 0.274 bits per heavy atom. The van der Waals surface area contributed by atoms with E-state index in [2.05, 4.69) is 185 Å². The van der Waals surface area contributed by atoms with Crippen molar-refractivity contribution in [3.8, 4) is 45.5 Å². The van der Waals surface area contributed by atoms with E-state index in [1.54, 1.807) is 0 Å². The fourth-order valence-corrected chi connectivity index (χ4v) is 9.70. The van der Waals surface area contributed by atoms with Crippen molar-refractivity contribution >= 4 is 75.9 Å². The summed E-state index contributed by atoms with van der Waals surface area (Å²) in [5.41, 5.74) is 9.73. The van der Waals surface area contributed by atoms with Gasteiger partial charge in [0.1, 0.15) is 0 Å². The first kappa shape index (κ1) is 34.5. The average molecular weight is 790 g/mol. The predicted molar refractivity (Wildman–Crippen MR) is 257 cm³/mol. The lowest BCUT2D eigenvalue weighted by Gasteiger charge is -2.16. The number of fused-ring (bicyclic) bond motifs is 9. The molecule has 62 heavy (non-hydrogen) atoms. The molecule has 0 spiro atoms. The zero-order valence-electron chi connectivity index (χ0n) is 33.4. The topological polar surface area (TPSA) is 48.5 Å². The number of hydrogen-bond acceptors (Lipinski definition) is 3. The Labute approximate surface area is 356 Å². The van der Waals surface area contributed by atoms with E-state index in [4.69, 9.17) is 15.0 Å². The van der Waals surface area contributed by atoms with Crippen LogP contribution < -0.4 is 0 Å². The van der Waals surface area contributed by atoms with Gasteiger partial charge in [0.25, 0.3) is 0 Å². The van der Waals surface area contributed by atoms with Crippen molar-refractivity contribution in [2.45, 2.75) is 0 Å². The molecule has 5 nitrogen and oxygen atoms in total. The molecule has 13 rings (SSSR count). The number of nitrogens with zero attached hydrogens (tertiary/aromatic N) is 5. The third kappa shape index (κ3) is 5.25. The van der Waals surface area contributed by atoms with Crippen molar-refractivity contribution in [1.82, 2.24) is 24.1 Å². The second kappa shape index (κ2) is 13.6. The quantitative estimate of drug-likeness (QED) is 0.174. The van der Waals surface area contributed by atoms with Crippen LogP contribution in [0.5, 0.6) is 0 Å². The monoisotopic (exact) mass is 789 g/mol. The van der Waals surface area contributed by atoms with E-state index < -0.39 is 0 Å². The molecule has 0 fully saturated rings. The Morgan fingerprint density at radius 2 is 0.758 bits per heavy atom. The summed E-state index contributed by atoms with van der Waals surface area (Å²) in [7, 11) is 0. The van der Waals surface area contributed by atoms with Gasteiger partial charge in [0.2, 0.25) is 0 Å². The molecule has 10 aromatic carbocycles. The van der Waals surface area contributed by atoms with Gasteiger partial charge in [-0.1, -0.05) is 158 Å². The number of aromatic nitrogens is 5. The van der Waals surface area contributed by atoms with Gasteiger partial charge in [-0.15, -0.1) is 0 Å². The van der Waals surface area contributed by atoms with E-state index in [0.717, 1.165) is 49.9 Å². The fourth-order valence-electron chi connectivity index (χ4n) is 9.70. The summed E-state index contributed by atoms with van der Waals surface area (Å²) < 4.78 is 4.95. The lowest BCUT2D eigenvalue weighted by atomic mass is 10.0. The van der Waals surface area contributed by atoms with Crippen molar-refractivity contribution in [3.63, 3.8) is 0 Å². The summed E-state index contributed by atoms with van der Waals surface area (Å²) >= 11 is 0. The lowest BCUT2D eigenvalue weighted by molar-refractivity contribution is 1.08. The molecule has 0 bridgehead atoms. The third-order valence-electron chi connectivity index (χ3n) is 12.5. The molecule has 3 aromatic heterocycles. The Balaban J connectivity index is 1.10. The summed E-state index contributed by atoms with van der Waals surface area (Å²) in [6, 6.07) is 75.9. The Bertz CT molecular complexity index is 3860. The SMILES string of the molecule is c1ccc(-c2nc(-c3ccccc3)nc(-c3ccc(-n4c5cc6ccccc6cc5c5c(-n6c7ccccc7c7cc8ccccc8cc76)cccc54)c4ccccc34)n2)cc1. The largest absolute Gasteiger partial charge is 0.309 e. The van der Waals surface area contributed by atoms with Crippen LogP contribution in [0.15, 0.2) is 212 Å². The molecule has 0 radical (unpaired) electrons. The maximum absolute atomic E-state index is 5.15. The summed E-state index contributed by atoms with van der Waals surface area (Å²) in [5.74, 6) is 1.92. The van der Waals surface area contributed by atoms with Crippen molar-refractivity contribution in [3.05, 3.63) is 212 Å². The summed E-state index contributed by atoms with van der Waals surface area (Å²) in [4.78, 5) is 15.3. The van der Waals surface area contributed by atoms with Crippen molar-refractivity contribution in [2.24, 2.45) is 0 Å². The standard InChI is InChI=1S/C57H35N5/c1-3-16-36(17-4-1)55-58-56(37-18-5-2-6-19-37)60-57(59-55)45-30-31-49(43-25-12-11-24-42(43)45)62-51-29-15-28-50(54(51)47-33-39-21-8-10-23-41(39)35-53(47)62)61-48-27-14-13-26-44(48)46-32-38-20-7-9-22-40(38)34-52(46)61/h1-35H. The van der Waals surface area contributed by atoms with Crippen LogP contribution in [0.3, 0.4) is 0 Å². The molecule has 0 atom stereocenters. The third-order valence-corrected chi connectivity index (χ3v) is 12.5. The first-order valence-electron chi connectivity index (χ1n) is 21.0. The minimum Gasteiger partial charge on any atom is -0.309 e. The number of benzene rings is 10. The van der Waals surface area contributed by atoms with Crippen LogP contribution in [-0.2, 0) is 0 Å². The Hall–Kier alpha value is -8.41. The minimum absolute atomic E-state index is 0.634. The molecular weight excluding hydrogens is 755 g/mol. The molecule has 288 valence electrons. The van der Waals surface area contributed by atoms with Gasteiger partial charge in [0.15, 0.2) is 17.5 Å². The van der Waals surface area contributed by atoms with E-state index in [0.29, 0.717) is 17.5 Å². The highest BCUT2D eigenvalue weighted by molar-refractivity contribution is 6.20. The van der Waals surface area contributed by atoms with Gasteiger partial charge in [-0.05, 0) is 81.5 Å². The molecule has 0 aliphatic carbocycles. The smallest absolute Gasteiger partial charge is 0.164 e. The van der Waals surface area contributed by atoms with Crippen molar-refractivity contribution in [2.75, 3.05) is 0 Å². The van der Waals surface area contributed by atoms with Gasteiger partial charge in [-0.3, -0.25) is 0 Å². The van der Waals surface area contributed by atoms with Crippen LogP contribution >= 0.6 is 0 Å². The van der Waals surface area contributed by atoms with Gasteiger partial charge in [-0.25, -0.2) is 15.0 Å². The molecule has 0 N–H and O–H groups in total. The molecule has 5 heteroatoms. The minimum atomic E-state index is 0.634. The molecular formula is C57H35N5. The Kier molecular flexibility index (Phi) is 7.54. The predicted octanol–water partition coefficient (Wildman–Crippen LogP) is 14.5. The van der Waals surface area contributed by atoms with E-state index in [-0.39, 0.29) is 0 Å². The van der Waals surface area contributed by atoms with Crippen LogP contribution in [-0.4, -0.2) is 24.1 Å². The van der Waals surface area contributed by atoms with Crippen LogP contribution in [0.1, 0.15) is 0 Å². The first-order valence-corrected chi connectivity index (χ1v) is 21.0. The summed E-state index contributed by atoms with van der Waals surface area (Å²) in [5, 5.41) is 11.9. The highest BCUT2D eigenvalue weighted by Crippen LogP contribution is 2.43. The molecule has 13 aromatic rings. The highest BCUT2D eigenvalue weighted by Gasteiger charge is 2.23. The fraction of sp³-hybridized carbons (Fsp3) is 0. The number of hydrogen-bond donors (Lipinski definition) is 0. The van der Waals surface area contributed by atoms with Crippen LogP contribution in [0.2, 0.25) is 0 Å². The van der Waals surface area contributed by atoms with E-state index in [1.807, 2.05) is 36.4 Å². The van der Waals surface area contributed by atoms with E-state index >= 15 is 0 Å². The van der Waals surface area contributed by atoms with Gasteiger partial charge >= 0.3 is 0 Å². The van der Waals surface area contributed by atoms with Gasteiger partial charge in [0, 0.05) is 43.6 Å². The van der Waals surface area contributed by atoms with Crippen molar-refractivity contribution < 1.29 is 0 Å². The molecule has 0 amide bonds. The maximum atomic E-state index is 5.15. The van der Waals surface area contributed by atoms with Crippen molar-refractivity contribution in [1.29, 1.82) is 0 Å². The maximum Gasteiger partial charge on any atom is 0.164 e. The van der Waals surface area contributed by atoms with E-state index in [1.165, 1.54) is 54.1 Å².